The molecule has 0 saturated heterocycles. The Balaban J connectivity index is 3.75. The summed E-state index contributed by atoms with van der Waals surface area (Å²) < 4.78 is 11.0. The van der Waals surface area contributed by atoms with Gasteiger partial charge in [0.1, 0.15) is 0 Å². The lowest BCUT2D eigenvalue weighted by molar-refractivity contribution is -0.156. The molecule has 0 saturated carbocycles. The lowest BCUT2D eigenvalue weighted by Gasteiger charge is -2.22. The molecule has 0 aliphatic heterocycles. The molecule has 2 unspecified atom stereocenters. The minimum absolute atomic E-state index is 0.0408. The smallest absolute Gasteiger partial charge is 0.159 e. The van der Waals surface area contributed by atoms with Gasteiger partial charge in [-0.15, -0.1) is 0 Å². The molecule has 0 N–H and O–H groups in total. The molecule has 0 aliphatic rings. The van der Waals surface area contributed by atoms with Crippen LogP contribution in [0.15, 0.2) is 0 Å². The second-order valence-corrected chi connectivity index (χ2v) is 4.24. The van der Waals surface area contributed by atoms with Gasteiger partial charge in [-0.05, 0) is 12.3 Å². The molecule has 0 aliphatic carbocycles. The molecule has 2 nitrogen and oxygen atoms in total. The molecule has 0 aromatic rings. The minimum atomic E-state index is -0.0408. The lowest BCUT2D eigenvalue weighted by atomic mass is 10.0. The fourth-order valence-electron chi connectivity index (χ4n) is 1.58. The molecule has 86 valence electrons. The van der Waals surface area contributed by atoms with Gasteiger partial charge < -0.3 is 9.47 Å². The van der Waals surface area contributed by atoms with Crippen LogP contribution < -0.4 is 0 Å². The average Bonchev–Trinajstić information content (AvgIpc) is 2.16. The Labute approximate surface area is 89.0 Å². The fourth-order valence-corrected chi connectivity index (χ4v) is 1.58. The third-order valence-electron chi connectivity index (χ3n) is 2.55. The van der Waals surface area contributed by atoms with Crippen LogP contribution in [0.4, 0.5) is 0 Å². The van der Waals surface area contributed by atoms with Crippen molar-refractivity contribution in [3.05, 3.63) is 0 Å². The highest BCUT2D eigenvalue weighted by molar-refractivity contribution is 4.57. The number of ether oxygens (including phenoxy) is 2. The molecule has 0 aromatic heterocycles. The molecule has 0 fully saturated rings. The van der Waals surface area contributed by atoms with E-state index in [1.54, 1.807) is 7.11 Å². The summed E-state index contributed by atoms with van der Waals surface area (Å²) in [4.78, 5) is 0. The van der Waals surface area contributed by atoms with Crippen LogP contribution in [0.25, 0.3) is 0 Å². The van der Waals surface area contributed by atoms with Gasteiger partial charge in [-0.2, -0.15) is 0 Å². The van der Waals surface area contributed by atoms with E-state index in [0.29, 0.717) is 11.8 Å². The largest absolute Gasteiger partial charge is 0.356 e. The van der Waals surface area contributed by atoms with Crippen LogP contribution in [0.2, 0.25) is 0 Å². The van der Waals surface area contributed by atoms with E-state index in [9.17, 15) is 0 Å². The van der Waals surface area contributed by atoms with E-state index in [1.165, 1.54) is 19.3 Å². The number of hydrogen-bond donors (Lipinski definition) is 0. The Morgan fingerprint density at radius 3 is 2.14 bits per heavy atom. The summed E-state index contributed by atoms with van der Waals surface area (Å²) in [6, 6.07) is 0. The number of methoxy groups -OCH3 is 1. The maximum atomic E-state index is 5.74. The van der Waals surface area contributed by atoms with Gasteiger partial charge in [-0.1, -0.05) is 40.5 Å². The highest BCUT2D eigenvalue weighted by atomic mass is 16.7. The third kappa shape index (κ3) is 5.61. The first-order valence-corrected chi connectivity index (χ1v) is 5.80. The van der Waals surface area contributed by atoms with Gasteiger partial charge in [0.15, 0.2) is 6.29 Å². The van der Waals surface area contributed by atoms with E-state index >= 15 is 0 Å². The maximum absolute atomic E-state index is 5.74. The summed E-state index contributed by atoms with van der Waals surface area (Å²) >= 11 is 0. The van der Waals surface area contributed by atoms with Gasteiger partial charge >= 0.3 is 0 Å². The van der Waals surface area contributed by atoms with Crippen molar-refractivity contribution in [2.24, 2.45) is 11.8 Å². The predicted octanol–water partition coefficient (Wildman–Crippen LogP) is 3.46. The summed E-state index contributed by atoms with van der Waals surface area (Å²) in [7, 11) is 1.71. The molecule has 0 spiro atoms. The Morgan fingerprint density at radius 2 is 1.79 bits per heavy atom. The Bertz CT molecular complexity index is 123. The molecule has 0 heterocycles. The quantitative estimate of drug-likeness (QED) is 0.561. The van der Waals surface area contributed by atoms with Gasteiger partial charge in [-0.25, -0.2) is 0 Å². The van der Waals surface area contributed by atoms with E-state index in [4.69, 9.17) is 9.47 Å². The zero-order valence-electron chi connectivity index (χ0n) is 10.4. The van der Waals surface area contributed by atoms with Gasteiger partial charge in [0.2, 0.25) is 0 Å². The van der Waals surface area contributed by atoms with Crippen LogP contribution in [-0.2, 0) is 9.47 Å². The molecule has 2 heteroatoms. The van der Waals surface area contributed by atoms with Crippen LogP contribution in [0, 0.1) is 11.8 Å². The van der Waals surface area contributed by atoms with Crippen molar-refractivity contribution in [2.45, 2.75) is 53.2 Å². The molecule has 0 radical (unpaired) electrons. The highest BCUT2D eigenvalue weighted by Gasteiger charge is 2.14. The summed E-state index contributed by atoms with van der Waals surface area (Å²) in [5, 5.41) is 0. The van der Waals surface area contributed by atoms with E-state index < -0.39 is 0 Å². The molecular weight excluding hydrogens is 176 g/mol. The van der Waals surface area contributed by atoms with Crippen molar-refractivity contribution < 1.29 is 9.47 Å². The summed E-state index contributed by atoms with van der Waals surface area (Å²) in [6.45, 7) is 9.52. The standard InChI is InChI=1S/C12H26O2/c1-6-8-11(7-2)9-14-12(13-5)10(3)4/h10-12H,6-9H2,1-5H3. The highest BCUT2D eigenvalue weighted by Crippen LogP contribution is 2.14. The first kappa shape index (κ1) is 13.9. The van der Waals surface area contributed by atoms with Gasteiger partial charge in [0.25, 0.3) is 0 Å². The van der Waals surface area contributed by atoms with Crippen molar-refractivity contribution >= 4 is 0 Å². The van der Waals surface area contributed by atoms with Crippen molar-refractivity contribution in [3.63, 3.8) is 0 Å². The average molecular weight is 202 g/mol. The second kappa shape index (κ2) is 8.25. The van der Waals surface area contributed by atoms with Crippen LogP contribution in [0.1, 0.15) is 47.0 Å². The fraction of sp³-hybridized carbons (Fsp3) is 1.00. The van der Waals surface area contributed by atoms with Crippen molar-refractivity contribution in [2.75, 3.05) is 13.7 Å². The Hall–Kier alpha value is -0.0800. The normalized spacial score (nSPS) is 15.9. The van der Waals surface area contributed by atoms with Crippen LogP contribution in [0.5, 0.6) is 0 Å². The summed E-state index contributed by atoms with van der Waals surface area (Å²) in [6.07, 6.45) is 3.65. The maximum Gasteiger partial charge on any atom is 0.159 e. The summed E-state index contributed by atoms with van der Waals surface area (Å²) in [5.41, 5.74) is 0. The molecule has 0 rings (SSSR count). The van der Waals surface area contributed by atoms with Crippen LogP contribution >= 0.6 is 0 Å². The number of hydrogen-bond acceptors (Lipinski definition) is 2. The van der Waals surface area contributed by atoms with E-state index in [0.717, 1.165) is 6.61 Å². The SMILES string of the molecule is CCCC(CC)COC(OC)C(C)C. The van der Waals surface area contributed by atoms with Crippen molar-refractivity contribution in [1.29, 1.82) is 0 Å². The van der Waals surface area contributed by atoms with E-state index in [2.05, 4.69) is 27.7 Å². The second-order valence-electron chi connectivity index (χ2n) is 4.24. The molecule has 2 atom stereocenters. The van der Waals surface area contributed by atoms with Crippen LogP contribution in [0.3, 0.4) is 0 Å². The van der Waals surface area contributed by atoms with Gasteiger partial charge in [0, 0.05) is 13.0 Å². The summed E-state index contributed by atoms with van der Waals surface area (Å²) in [5.74, 6) is 1.12. The molecule has 0 bridgehead atoms. The first-order chi connectivity index (χ1) is 6.65. The van der Waals surface area contributed by atoms with E-state index in [-0.39, 0.29) is 6.29 Å². The predicted molar refractivity (Wildman–Crippen MR) is 60.3 cm³/mol. The topological polar surface area (TPSA) is 18.5 Å². The minimum Gasteiger partial charge on any atom is -0.356 e. The zero-order valence-corrected chi connectivity index (χ0v) is 10.4. The molecule has 14 heavy (non-hydrogen) atoms. The van der Waals surface area contributed by atoms with Crippen LogP contribution in [-0.4, -0.2) is 20.0 Å². The van der Waals surface area contributed by atoms with Gasteiger partial charge in [-0.3, -0.25) is 0 Å². The van der Waals surface area contributed by atoms with E-state index in [1.807, 2.05) is 0 Å². The Morgan fingerprint density at radius 1 is 1.14 bits per heavy atom. The van der Waals surface area contributed by atoms with Gasteiger partial charge in [0.05, 0.1) is 6.61 Å². The molecule has 0 amide bonds. The number of rotatable bonds is 8. The first-order valence-electron chi connectivity index (χ1n) is 5.80. The third-order valence-corrected chi connectivity index (χ3v) is 2.55. The van der Waals surface area contributed by atoms with Crippen molar-refractivity contribution in [3.8, 4) is 0 Å². The Kier molecular flexibility index (Phi) is 8.20. The molecular formula is C12H26O2. The zero-order chi connectivity index (χ0) is 11.0. The lowest BCUT2D eigenvalue weighted by Crippen LogP contribution is -2.24. The van der Waals surface area contributed by atoms with Crippen molar-refractivity contribution in [1.82, 2.24) is 0 Å². The monoisotopic (exact) mass is 202 g/mol. The molecule has 0 aromatic carbocycles.